The Morgan fingerprint density at radius 3 is 2.75 bits per heavy atom. The van der Waals surface area contributed by atoms with Crippen molar-refractivity contribution >= 4 is 45.9 Å². The van der Waals surface area contributed by atoms with Gasteiger partial charge in [0.2, 0.25) is 5.91 Å². The molecule has 4 rings (SSSR count). The second kappa shape index (κ2) is 9.46. The van der Waals surface area contributed by atoms with Crippen LogP contribution in [0, 0.1) is 6.92 Å². The quantitative estimate of drug-likeness (QED) is 0.317. The van der Waals surface area contributed by atoms with Crippen molar-refractivity contribution in [2.45, 2.75) is 12.1 Å². The van der Waals surface area contributed by atoms with Gasteiger partial charge in [-0.1, -0.05) is 47.6 Å². The first-order valence-electron chi connectivity index (χ1n) is 9.81. The third kappa shape index (κ3) is 4.64. The number of nitrogens with one attached hydrogen (secondary N) is 1. The highest BCUT2D eigenvalue weighted by atomic mass is 35.5. The third-order valence-electron chi connectivity index (χ3n) is 4.86. The minimum atomic E-state index is -0.222. The smallest absolute Gasteiger partial charge is 0.266 e. The highest BCUT2D eigenvalue weighted by Crippen LogP contribution is 2.25. The Labute approximate surface area is 194 Å². The Morgan fingerprint density at radius 2 is 1.94 bits per heavy atom. The summed E-state index contributed by atoms with van der Waals surface area (Å²) in [5.41, 5.74) is 2.54. The number of nitrogens with zero attached hydrogens (tertiary/aromatic N) is 2. The van der Waals surface area contributed by atoms with Gasteiger partial charge in [-0.15, -0.1) is 0 Å². The number of fused-ring (bicyclic) bond motifs is 1. The number of halogens is 1. The van der Waals surface area contributed by atoms with Gasteiger partial charge >= 0.3 is 0 Å². The lowest BCUT2D eigenvalue weighted by molar-refractivity contribution is -0.113. The number of anilines is 1. The van der Waals surface area contributed by atoms with Crippen molar-refractivity contribution in [3.8, 4) is 11.4 Å². The predicted molar refractivity (Wildman–Crippen MR) is 129 cm³/mol. The Balaban J connectivity index is 1.69. The first-order chi connectivity index (χ1) is 15.5. The molecule has 0 spiro atoms. The molecule has 1 N–H and O–H groups in total. The lowest BCUT2D eigenvalue weighted by Crippen LogP contribution is -2.23. The van der Waals surface area contributed by atoms with E-state index in [1.54, 1.807) is 61.7 Å². The summed E-state index contributed by atoms with van der Waals surface area (Å²) < 4.78 is 6.82. The van der Waals surface area contributed by atoms with E-state index in [1.165, 1.54) is 16.3 Å². The van der Waals surface area contributed by atoms with Crippen LogP contribution in [0.5, 0.6) is 5.75 Å². The van der Waals surface area contributed by atoms with E-state index in [4.69, 9.17) is 16.3 Å². The van der Waals surface area contributed by atoms with Crippen LogP contribution in [0.15, 0.2) is 76.7 Å². The summed E-state index contributed by atoms with van der Waals surface area (Å²) in [6, 6.07) is 19.6. The molecule has 0 saturated carbocycles. The average molecular weight is 466 g/mol. The van der Waals surface area contributed by atoms with Gasteiger partial charge in [0.1, 0.15) is 5.75 Å². The number of aromatic nitrogens is 2. The molecule has 0 aliphatic heterocycles. The molecule has 0 atom stereocenters. The van der Waals surface area contributed by atoms with E-state index in [9.17, 15) is 9.59 Å². The minimum absolute atomic E-state index is 0.0701. The summed E-state index contributed by atoms with van der Waals surface area (Å²) in [4.78, 5) is 30.6. The van der Waals surface area contributed by atoms with Crippen LogP contribution in [0.1, 0.15) is 5.56 Å². The molecule has 0 unspecified atom stereocenters. The Kier molecular flexibility index (Phi) is 6.48. The predicted octanol–water partition coefficient (Wildman–Crippen LogP) is 5.09. The number of ether oxygens (including phenoxy) is 1. The molecule has 3 aromatic carbocycles. The van der Waals surface area contributed by atoms with Crippen molar-refractivity contribution in [2.24, 2.45) is 0 Å². The fourth-order valence-corrected chi connectivity index (χ4v) is 4.22. The van der Waals surface area contributed by atoms with Gasteiger partial charge in [-0.2, -0.15) is 0 Å². The number of methoxy groups -OCH3 is 1. The highest BCUT2D eigenvalue weighted by molar-refractivity contribution is 7.99. The number of aryl methyl sites for hydroxylation is 1. The van der Waals surface area contributed by atoms with Gasteiger partial charge in [0.25, 0.3) is 5.56 Å². The number of thioether (sulfide) groups is 1. The van der Waals surface area contributed by atoms with Gasteiger partial charge in [-0.3, -0.25) is 14.2 Å². The van der Waals surface area contributed by atoms with Crippen molar-refractivity contribution < 1.29 is 9.53 Å². The highest BCUT2D eigenvalue weighted by Gasteiger charge is 2.16. The van der Waals surface area contributed by atoms with Crippen molar-refractivity contribution in [2.75, 3.05) is 18.2 Å². The summed E-state index contributed by atoms with van der Waals surface area (Å²) in [5.74, 6) is 0.466. The van der Waals surface area contributed by atoms with E-state index in [-0.39, 0.29) is 17.2 Å². The first kappa shape index (κ1) is 21.9. The van der Waals surface area contributed by atoms with Gasteiger partial charge in [0.05, 0.1) is 29.5 Å². The molecule has 8 heteroatoms. The zero-order valence-electron chi connectivity index (χ0n) is 17.5. The molecule has 0 aliphatic carbocycles. The molecule has 4 aromatic rings. The molecule has 162 valence electrons. The van der Waals surface area contributed by atoms with Crippen LogP contribution in [0.3, 0.4) is 0 Å². The maximum absolute atomic E-state index is 13.3. The van der Waals surface area contributed by atoms with Crippen molar-refractivity contribution in [3.05, 3.63) is 87.7 Å². The SMILES string of the molecule is COc1cccc(-n2c(SCC(=O)Nc3cc(Cl)ccc3C)nc3ccccc3c2=O)c1. The van der Waals surface area contributed by atoms with E-state index in [0.29, 0.717) is 38.2 Å². The van der Waals surface area contributed by atoms with Crippen LogP contribution in [-0.2, 0) is 4.79 Å². The van der Waals surface area contributed by atoms with Crippen molar-refractivity contribution in [3.63, 3.8) is 0 Å². The molecule has 32 heavy (non-hydrogen) atoms. The average Bonchev–Trinajstić information content (AvgIpc) is 2.80. The number of hydrogen-bond acceptors (Lipinski definition) is 5. The standard InChI is InChI=1S/C24H20ClN3O3S/c1-15-10-11-16(25)12-21(15)26-22(29)14-32-24-27-20-9-4-3-8-19(20)23(30)28(24)17-6-5-7-18(13-17)31-2/h3-13H,14H2,1-2H3,(H,26,29). The maximum atomic E-state index is 13.3. The molecule has 0 bridgehead atoms. The largest absolute Gasteiger partial charge is 0.497 e. The number of rotatable bonds is 6. The fraction of sp³-hybridized carbons (Fsp3) is 0.125. The molecule has 1 amide bonds. The summed E-state index contributed by atoms with van der Waals surface area (Å²) in [6.07, 6.45) is 0. The first-order valence-corrected chi connectivity index (χ1v) is 11.2. The molecule has 1 heterocycles. The molecule has 1 aromatic heterocycles. The van der Waals surface area contributed by atoms with Gasteiger partial charge < -0.3 is 10.1 Å². The van der Waals surface area contributed by atoms with Crippen molar-refractivity contribution in [1.82, 2.24) is 9.55 Å². The topological polar surface area (TPSA) is 73.2 Å². The van der Waals surface area contributed by atoms with E-state index < -0.39 is 0 Å². The Hall–Kier alpha value is -3.29. The molecule has 0 aliphatic rings. The number of para-hydroxylation sites is 1. The third-order valence-corrected chi connectivity index (χ3v) is 6.04. The molecule has 0 saturated heterocycles. The maximum Gasteiger partial charge on any atom is 0.266 e. The van der Waals surface area contributed by atoms with E-state index in [1.807, 2.05) is 19.1 Å². The van der Waals surface area contributed by atoms with Crippen LogP contribution in [0.2, 0.25) is 5.02 Å². The second-order valence-corrected chi connectivity index (χ2v) is 8.43. The molecular formula is C24H20ClN3O3S. The number of carbonyl (C=O) groups excluding carboxylic acids is 1. The van der Waals surface area contributed by atoms with E-state index in [0.717, 1.165) is 5.56 Å². The van der Waals surface area contributed by atoms with Gasteiger partial charge in [0.15, 0.2) is 5.16 Å². The van der Waals surface area contributed by atoms with Gasteiger partial charge in [0, 0.05) is 16.8 Å². The number of hydrogen-bond donors (Lipinski definition) is 1. The molecular weight excluding hydrogens is 446 g/mol. The van der Waals surface area contributed by atoms with Crippen LogP contribution >= 0.6 is 23.4 Å². The van der Waals surface area contributed by atoms with E-state index >= 15 is 0 Å². The monoisotopic (exact) mass is 465 g/mol. The minimum Gasteiger partial charge on any atom is -0.497 e. The fourth-order valence-electron chi connectivity index (χ4n) is 3.23. The normalized spacial score (nSPS) is 10.8. The summed E-state index contributed by atoms with van der Waals surface area (Å²) in [5, 5.41) is 4.33. The van der Waals surface area contributed by atoms with Crippen LogP contribution in [0.25, 0.3) is 16.6 Å². The van der Waals surface area contributed by atoms with Gasteiger partial charge in [-0.25, -0.2) is 4.98 Å². The van der Waals surface area contributed by atoms with Crippen molar-refractivity contribution in [1.29, 1.82) is 0 Å². The number of amides is 1. The lowest BCUT2D eigenvalue weighted by atomic mass is 10.2. The molecule has 0 fully saturated rings. The summed E-state index contributed by atoms with van der Waals surface area (Å²) in [6.45, 7) is 1.89. The Bertz CT molecular complexity index is 1370. The van der Waals surface area contributed by atoms with E-state index in [2.05, 4.69) is 10.3 Å². The van der Waals surface area contributed by atoms with Crippen LogP contribution in [-0.4, -0.2) is 28.3 Å². The number of carbonyl (C=O) groups is 1. The molecule has 6 nitrogen and oxygen atoms in total. The zero-order valence-corrected chi connectivity index (χ0v) is 19.0. The second-order valence-electron chi connectivity index (χ2n) is 7.05. The number of benzene rings is 3. The van der Waals surface area contributed by atoms with Crippen LogP contribution in [0.4, 0.5) is 5.69 Å². The lowest BCUT2D eigenvalue weighted by Gasteiger charge is -2.14. The molecule has 0 radical (unpaired) electrons. The summed E-state index contributed by atoms with van der Waals surface area (Å²) >= 11 is 7.23. The Morgan fingerprint density at radius 1 is 1.12 bits per heavy atom. The van der Waals surface area contributed by atoms with Crippen LogP contribution < -0.4 is 15.6 Å². The zero-order chi connectivity index (χ0) is 22.7. The van der Waals surface area contributed by atoms with Gasteiger partial charge in [-0.05, 0) is 48.9 Å². The summed E-state index contributed by atoms with van der Waals surface area (Å²) in [7, 11) is 1.57.